The number of hydrogen-bond acceptors (Lipinski definition) is 6. The summed E-state index contributed by atoms with van der Waals surface area (Å²) in [5, 5.41) is 0. The Morgan fingerprint density at radius 3 is 2.61 bits per heavy atom. The maximum atomic E-state index is 13.2. The Labute approximate surface area is 161 Å². The lowest BCUT2D eigenvalue weighted by atomic mass is 9.91. The highest BCUT2D eigenvalue weighted by Gasteiger charge is 2.42. The number of fused-ring (bicyclic) bond motifs is 5. The zero-order valence-electron chi connectivity index (χ0n) is 15.6. The number of ether oxygens (including phenoxy) is 4. The van der Waals surface area contributed by atoms with Gasteiger partial charge in [0.25, 0.3) is 5.91 Å². The molecule has 1 amide bonds. The van der Waals surface area contributed by atoms with E-state index in [1.807, 2.05) is 12.1 Å². The average Bonchev–Trinajstić information content (AvgIpc) is 3.26. The number of hydrogen-bond donors (Lipinski definition) is 0. The quantitative estimate of drug-likeness (QED) is 0.796. The fraction of sp³-hybridized carbons (Fsp3) is 0.333. The Morgan fingerprint density at radius 1 is 1.07 bits per heavy atom. The number of Topliss-reactive ketones (excluding diaryl/α,β-unsaturated/α-hetero) is 1. The Morgan fingerprint density at radius 2 is 1.86 bits per heavy atom. The summed E-state index contributed by atoms with van der Waals surface area (Å²) in [6.07, 6.45) is 0.772. The molecule has 28 heavy (non-hydrogen) atoms. The van der Waals surface area contributed by atoms with E-state index in [1.54, 1.807) is 17.0 Å². The van der Waals surface area contributed by atoms with E-state index in [9.17, 15) is 9.59 Å². The summed E-state index contributed by atoms with van der Waals surface area (Å²) in [4.78, 5) is 28.1. The second-order valence-corrected chi connectivity index (χ2v) is 7.02. The van der Waals surface area contributed by atoms with Crippen LogP contribution in [0.15, 0.2) is 24.3 Å². The van der Waals surface area contributed by atoms with Crippen LogP contribution in [0.25, 0.3) is 0 Å². The number of carbonyl (C=O) groups is 2. The maximum Gasteiger partial charge on any atom is 0.258 e. The molecule has 7 heteroatoms. The van der Waals surface area contributed by atoms with Crippen LogP contribution in [0.4, 0.5) is 0 Å². The van der Waals surface area contributed by atoms with E-state index in [1.165, 1.54) is 14.2 Å². The molecule has 0 saturated carbocycles. The number of rotatable bonds is 2. The molecule has 1 atom stereocenters. The molecule has 2 aromatic rings. The topological polar surface area (TPSA) is 74.3 Å². The highest BCUT2D eigenvalue weighted by atomic mass is 16.7. The predicted molar refractivity (Wildman–Crippen MR) is 98.5 cm³/mol. The Kier molecular flexibility index (Phi) is 3.72. The smallest absolute Gasteiger partial charge is 0.258 e. The van der Waals surface area contributed by atoms with E-state index >= 15 is 0 Å². The largest absolute Gasteiger partial charge is 0.493 e. The molecule has 0 bridgehead atoms. The highest BCUT2D eigenvalue weighted by Crippen LogP contribution is 2.46. The summed E-state index contributed by atoms with van der Waals surface area (Å²) in [7, 11) is 3.06. The van der Waals surface area contributed by atoms with E-state index < -0.39 is 0 Å². The summed E-state index contributed by atoms with van der Waals surface area (Å²) in [6, 6.07) is 6.95. The van der Waals surface area contributed by atoms with Gasteiger partial charge in [-0.15, -0.1) is 0 Å². The first kappa shape index (κ1) is 16.9. The van der Waals surface area contributed by atoms with Crippen LogP contribution in [-0.4, -0.2) is 44.1 Å². The molecule has 3 aliphatic heterocycles. The van der Waals surface area contributed by atoms with Gasteiger partial charge in [-0.2, -0.15) is 0 Å². The highest BCUT2D eigenvalue weighted by molar-refractivity contribution is 6.05. The standard InChI is InChI=1S/C21H19NO6/c1-25-16-4-3-12-14-9-15(23)13-8-18-17(27-10-28-18)7-11(13)5-6-22(14)21(24)19(12)20(16)26-2/h3-4,7-8,14H,5-6,9-10H2,1-2H3. The van der Waals surface area contributed by atoms with Crippen LogP contribution in [0.5, 0.6) is 23.0 Å². The SMILES string of the molecule is COc1ccc2c(c1OC)C(=O)N1CCc3cc4c(cc3C(=O)CC21)OCO4. The Hall–Kier alpha value is -3.22. The van der Waals surface area contributed by atoms with Crippen LogP contribution in [0, 0.1) is 0 Å². The summed E-state index contributed by atoms with van der Waals surface area (Å²) in [5.74, 6) is 2.02. The van der Waals surface area contributed by atoms with Gasteiger partial charge in [-0.3, -0.25) is 9.59 Å². The number of methoxy groups -OCH3 is 2. The first-order valence-electron chi connectivity index (χ1n) is 9.14. The fourth-order valence-electron chi connectivity index (χ4n) is 4.35. The van der Waals surface area contributed by atoms with Crippen molar-refractivity contribution in [3.05, 3.63) is 46.5 Å². The van der Waals surface area contributed by atoms with Gasteiger partial charge < -0.3 is 23.8 Å². The first-order valence-corrected chi connectivity index (χ1v) is 9.14. The minimum Gasteiger partial charge on any atom is -0.493 e. The summed E-state index contributed by atoms with van der Waals surface area (Å²) < 4.78 is 21.7. The predicted octanol–water partition coefficient (Wildman–Crippen LogP) is 2.76. The van der Waals surface area contributed by atoms with Gasteiger partial charge in [0.05, 0.1) is 25.8 Å². The number of benzene rings is 2. The van der Waals surface area contributed by atoms with E-state index in [4.69, 9.17) is 18.9 Å². The second kappa shape index (κ2) is 6.15. The molecule has 0 radical (unpaired) electrons. The first-order chi connectivity index (χ1) is 13.6. The summed E-state index contributed by atoms with van der Waals surface area (Å²) in [5.41, 5.74) is 2.81. The number of carbonyl (C=O) groups excluding carboxylic acids is 2. The maximum absolute atomic E-state index is 13.2. The molecule has 0 N–H and O–H groups in total. The second-order valence-electron chi connectivity index (χ2n) is 7.02. The van der Waals surface area contributed by atoms with E-state index in [0.29, 0.717) is 47.1 Å². The number of nitrogens with zero attached hydrogens (tertiary/aromatic N) is 1. The molecule has 0 aliphatic carbocycles. The molecular formula is C21H19NO6. The van der Waals surface area contributed by atoms with Crippen LogP contribution in [0.1, 0.15) is 44.3 Å². The van der Waals surface area contributed by atoms with Gasteiger partial charge in [-0.1, -0.05) is 6.07 Å². The van der Waals surface area contributed by atoms with E-state index in [0.717, 1.165) is 11.1 Å². The van der Waals surface area contributed by atoms with E-state index in [-0.39, 0.29) is 30.9 Å². The molecule has 1 unspecified atom stereocenters. The fourth-order valence-corrected chi connectivity index (χ4v) is 4.35. The lowest BCUT2D eigenvalue weighted by molar-refractivity contribution is 0.0696. The third kappa shape index (κ3) is 2.28. The van der Waals surface area contributed by atoms with Crippen molar-refractivity contribution in [2.75, 3.05) is 27.6 Å². The summed E-state index contributed by atoms with van der Waals surface area (Å²) in [6.45, 7) is 0.665. The molecule has 7 nitrogen and oxygen atoms in total. The van der Waals surface area contributed by atoms with Crippen LogP contribution < -0.4 is 18.9 Å². The molecule has 0 aromatic heterocycles. The van der Waals surface area contributed by atoms with Gasteiger partial charge in [0.2, 0.25) is 6.79 Å². The van der Waals surface area contributed by atoms with Gasteiger partial charge in [-0.05, 0) is 35.7 Å². The third-order valence-corrected chi connectivity index (χ3v) is 5.69. The number of ketones is 1. The normalized spacial score (nSPS) is 19.5. The van der Waals surface area contributed by atoms with Gasteiger partial charge in [-0.25, -0.2) is 0 Å². The van der Waals surface area contributed by atoms with Crippen molar-refractivity contribution in [3.8, 4) is 23.0 Å². The molecule has 5 rings (SSSR count). The van der Waals surface area contributed by atoms with Gasteiger partial charge in [0, 0.05) is 18.5 Å². The van der Waals surface area contributed by atoms with Crippen LogP contribution in [0.2, 0.25) is 0 Å². The van der Waals surface area contributed by atoms with Crippen molar-refractivity contribution in [3.63, 3.8) is 0 Å². The lowest BCUT2D eigenvalue weighted by Crippen LogP contribution is -2.33. The van der Waals surface area contributed by atoms with Crippen molar-refractivity contribution >= 4 is 11.7 Å². The summed E-state index contributed by atoms with van der Waals surface area (Å²) >= 11 is 0. The van der Waals surface area contributed by atoms with Gasteiger partial charge in [0.1, 0.15) is 0 Å². The van der Waals surface area contributed by atoms with Crippen LogP contribution >= 0.6 is 0 Å². The minimum atomic E-state index is -0.312. The van der Waals surface area contributed by atoms with Crippen molar-refractivity contribution in [1.82, 2.24) is 4.90 Å². The van der Waals surface area contributed by atoms with Gasteiger partial charge in [0.15, 0.2) is 28.8 Å². The molecular weight excluding hydrogens is 362 g/mol. The molecule has 3 heterocycles. The Bertz CT molecular complexity index is 1010. The van der Waals surface area contributed by atoms with Gasteiger partial charge >= 0.3 is 0 Å². The molecule has 0 fully saturated rings. The van der Waals surface area contributed by atoms with Crippen LogP contribution in [-0.2, 0) is 6.42 Å². The third-order valence-electron chi connectivity index (χ3n) is 5.69. The monoisotopic (exact) mass is 381 g/mol. The minimum absolute atomic E-state index is 0.0153. The van der Waals surface area contributed by atoms with Crippen LogP contribution in [0.3, 0.4) is 0 Å². The molecule has 2 aromatic carbocycles. The zero-order valence-corrected chi connectivity index (χ0v) is 15.6. The van der Waals surface area contributed by atoms with E-state index in [2.05, 4.69) is 0 Å². The van der Waals surface area contributed by atoms with Crippen molar-refractivity contribution in [1.29, 1.82) is 0 Å². The zero-order chi connectivity index (χ0) is 19.4. The van der Waals surface area contributed by atoms with Crippen molar-refractivity contribution in [2.45, 2.75) is 18.9 Å². The molecule has 0 saturated heterocycles. The average molecular weight is 381 g/mol. The van der Waals surface area contributed by atoms with Crippen molar-refractivity contribution < 1.29 is 28.5 Å². The number of amides is 1. The lowest BCUT2D eigenvalue weighted by Gasteiger charge is -2.28. The van der Waals surface area contributed by atoms with Crippen molar-refractivity contribution in [2.24, 2.45) is 0 Å². The molecule has 144 valence electrons. The molecule has 3 aliphatic rings. The molecule has 0 spiro atoms. The Balaban J connectivity index is 1.59.